The highest BCUT2D eigenvalue weighted by Crippen LogP contribution is 2.44. The number of nitrogens with zero attached hydrogens (tertiary/aromatic N) is 2. The molecular formula is C23H19ClN2O4S. The number of ether oxygens (including phenoxy) is 1. The van der Waals surface area contributed by atoms with Crippen LogP contribution >= 0.6 is 22.9 Å². The number of thiazole rings is 1. The van der Waals surface area contributed by atoms with Crippen molar-refractivity contribution in [2.45, 2.75) is 19.9 Å². The number of halogens is 1. The molecule has 0 spiro atoms. The van der Waals surface area contributed by atoms with Crippen molar-refractivity contribution in [3.8, 4) is 5.75 Å². The van der Waals surface area contributed by atoms with Crippen LogP contribution in [0.25, 0.3) is 5.76 Å². The van der Waals surface area contributed by atoms with E-state index in [4.69, 9.17) is 16.3 Å². The summed E-state index contributed by atoms with van der Waals surface area (Å²) in [5.41, 5.74) is 1.78. The van der Waals surface area contributed by atoms with Gasteiger partial charge < -0.3 is 9.84 Å². The minimum atomic E-state index is -0.813. The predicted octanol–water partition coefficient (Wildman–Crippen LogP) is 5.05. The number of aliphatic hydroxyl groups is 1. The summed E-state index contributed by atoms with van der Waals surface area (Å²) in [4.78, 5) is 33.0. The van der Waals surface area contributed by atoms with Crippen molar-refractivity contribution in [1.82, 2.24) is 4.98 Å². The molecule has 0 unspecified atom stereocenters. The largest absolute Gasteiger partial charge is 0.507 e. The monoisotopic (exact) mass is 454 g/mol. The third-order valence-electron chi connectivity index (χ3n) is 5.21. The average molecular weight is 455 g/mol. The van der Waals surface area contributed by atoms with Crippen molar-refractivity contribution in [1.29, 1.82) is 0 Å². The minimum Gasteiger partial charge on any atom is -0.507 e. The van der Waals surface area contributed by atoms with Gasteiger partial charge in [-0.3, -0.25) is 14.5 Å². The lowest BCUT2D eigenvalue weighted by molar-refractivity contribution is -0.132. The number of carbonyl (C=O) groups is 2. The van der Waals surface area contributed by atoms with Gasteiger partial charge in [0.1, 0.15) is 11.5 Å². The summed E-state index contributed by atoms with van der Waals surface area (Å²) in [5, 5.41) is 11.8. The topological polar surface area (TPSA) is 79.7 Å². The maximum atomic E-state index is 13.1. The van der Waals surface area contributed by atoms with E-state index in [0.29, 0.717) is 22.0 Å². The zero-order chi connectivity index (χ0) is 22.3. The maximum Gasteiger partial charge on any atom is 0.301 e. The van der Waals surface area contributed by atoms with Crippen molar-refractivity contribution in [2.24, 2.45) is 0 Å². The van der Waals surface area contributed by atoms with Crippen LogP contribution in [0.2, 0.25) is 5.02 Å². The molecule has 6 nitrogen and oxygen atoms in total. The van der Waals surface area contributed by atoms with E-state index in [1.165, 1.54) is 29.4 Å². The molecule has 8 heteroatoms. The van der Waals surface area contributed by atoms with Gasteiger partial charge in [-0.2, -0.15) is 0 Å². The number of Topliss-reactive ketones (excluding diaryl/α,β-unsaturated/α-hetero) is 1. The second kappa shape index (κ2) is 8.17. The minimum absolute atomic E-state index is 0.0112. The molecule has 1 aromatic heterocycles. The molecule has 1 fully saturated rings. The highest BCUT2D eigenvalue weighted by molar-refractivity contribution is 7.16. The van der Waals surface area contributed by atoms with Gasteiger partial charge in [-0.15, -0.1) is 11.3 Å². The van der Waals surface area contributed by atoms with Crippen molar-refractivity contribution < 1.29 is 19.4 Å². The van der Waals surface area contributed by atoms with Crippen LogP contribution in [0.15, 0.2) is 54.1 Å². The summed E-state index contributed by atoms with van der Waals surface area (Å²) >= 11 is 7.55. The van der Waals surface area contributed by atoms with E-state index in [1.807, 2.05) is 44.2 Å². The van der Waals surface area contributed by atoms with E-state index < -0.39 is 17.7 Å². The third kappa shape index (κ3) is 3.60. The van der Waals surface area contributed by atoms with Gasteiger partial charge in [0.25, 0.3) is 5.78 Å². The van der Waals surface area contributed by atoms with Crippen LogP contribution in [0.4, 0.5) is 5.13 Å². The lowest BCUT2D eigenvalue weighted by Crippen LogP contribution is -2.29. The summed E-state index contributed by atoms with van der Waals surface area (Å²) in [6.07, 6.45) is 0. The van der Waals surface area contributed by atoms with E-state index in [0.717, 1.165) is 10.6 Å². The number of aryl methyl sites for hydroxylation is 2. The van der Waals surface area contributed by atoms with Crippen molar-refractivity contribution >= 4 is 45.5 Å². The SMILES string of the molecule is COc1ccc(/C(O)=C2\C(=O)C(=O)N(c3nc(C)c(C)s3)[C@H]2c2ccccc2)cc1Cl. The Morgan fingerprint density at radius 1 is 1.16 bits per heavy atom. The normalized spacial score (nSPS) is 17.9. The average Bonchev–Trinajstić information content (AvgIpc) is 3.23. The number of aromatic nitrogens is 1. The summed E-state index contributed by atoms with van der Waals surface area (Å²) in [5.74, 6) is -1.37. The number of ketones is 1. The Morgan fingerprint density at radius 3 is 2.45 bits per heavy atom. The zero-order valence-corrected chi connectivity index (χ0v) is 18.6. The summed E-state index contributed by atoms with van der Waals surface area (Å²) < 4.78 is 5.16. The molecule has 0 aliphatic carbocycles. The Labute approximate surface area is 188 Å². The molecule has 0 saturated carbocycles. The van der Waals surface area contributed by atoms with Crippen LogP contribution in [0.3, 0.4) is 0 Å². The van der Waals surface area contributed by atoms with Gasteiger partial charge in [-0.25, -0.2) is 4.98 Å². The number of rotatable bonds is 4. The Bertz CT molecular complexity index is 1200. The molecule has 1 amide bonds. The molecule has 2 heterocycles. The van der Waals surface area contributed by atoms with Crippen molar-refractivity contribution in [3.63, 3.8) is 0 Å². The molecule has 0 radical (unpaired) electrons. The summed E-state index contributed by atoms with van der Waals surface area (Å²) in [6, 6.07) is 13.0. The Morgan fingerprint density at radius 2 is 1.87 bits per heavy atom. The number of aliphatic hydroxyl groups excluding tert-OH is 1. The molecular weight excluding hydrogens is 436 g/mol. The number of anilines is 1. The zero-order valence-electron chi connectivity index (χ0n) is 17.0. The lowest BCUT2D eigenvalue weighted by atomic mass is 9.95. The molecule has 3 aromatic rings. The Hall–Kier alpha value is -3.16. The number of hydrogen-bond donors (Lipinski definition) is 1. The number of carbonyl (C=O) groups excluding carboxylic acids is 2. The summed E-state index contributed by atoms with van der Waals surface area (Å²) in [6.45, 7) is 3.76. The quantitative estimate of drug-likeness (QED) is 0.339. The first-order valence-corrected chi connectivity index (χ1v) is 10.7. The predicted molar refractivity (Wildman–Crippen MR) is 121 cm³/mol. The van der Waals surface area contributed by atoms with Crippen LogP contribution in [0.5, 0.6) is 5.75 Å². The fourth-order valence-electron chi connectivity index (χ4n) is 3.51. The van der Waals surface area contributed by atoms with Crippen LogP contribution in [0, 0.1) is 13.8 Å². The summed E-state index contributed by atoms with van der Waals surface area (Å²) in [7, 11) is 1.49. The second-order valence-electron chi connectivity index (χ2n) is 7.07. The first-order chi connectivity index (χ1) is 14.8. The molecule has 158 valence electrons. The van der Waals surface area contributed by atoms with Crippen LogP contribution in [-0.2, 0) is 9.59 Å². The van der Waals surface area contributed by atoms with Gasteiger partial charge in [-0.1, -0.05) is 41.9 Å². The fraction of sp³-hybridized carbons (Fsp3) is 0.174. The second-order valence-corrected chi connectivity index (χ2v) is 8.66. The molecule has 1 atom stereocenters. The first-order valence-electron chi connectivity index (χ1n) is 9.47. The van der Waals surface area contributed by atoms with Gasteiger partial charge >= 0.3 is 5.91 Å². The van der Waals surface area contributed by atoms with E-state index in [-0.39, 0.29) is 16.4 Å². The smallest absolute Gasteiger partial charge is 0.301 e. The van der Waals surface area contributed by atoms with Crippen molar-refractivity contribution in [3.05, 3.63) is 80.8 Å². The molecule has 1 N–H and O–H groups in total. The molecule has 4 rings (SSSR count). The Kier molecular flexibility index (Phi) is 5.56. The van der Waals surface area contributed by atoms with Gasteiger partial charge in [-0.05, 0) is 37.6 Å². The first kappa shape index (κ1) is 21.1. The van der Waals surface area contributed by atoms with E-state index in [2.05, 4.69) is 4.98 Å². The lowest BCUT2D eigenvalue weighted by Gasteiger charge is -2.23. The van der Waals surface area contributed by atoms with Gasteiger partial charge in [0.2, 0.25) is 0 Å². The number of methoxy groups -OCH3 is 1. The number of benzene rings is 2. The number of hydrogen-bond acceptors (Lipinski definition) is 6. The van der Waals surface area contributed by atoms with E-state index in [1.54, 1.807) is 12.1 Å². The van der Waals surface area contributed by atoms with E-state index >= 15 is 0 Å². The van der Waals surface area contributed by atoms with Crippen molar-refractivity contribution in [2.75, 3.05) is 12.0 Å². The maximum absolute atomic E-state index is 13.1. The van der Waals surface area contributed by atoms with Crippen LogP contribution < -0.4 is 9.64 Å². The third-order valence-corrected chi connectivity index (χ3v) is 6.58. The van der Waals surface area contributed by atoms with E-state index in [9.17, 15) is 14.7 Å². The molecule has 1 aliphatic heterocycles. The van der Waals surface area contributed by atoms with Gasteiger partial charge in [0.15, 0.2) is 5.13 Å². The van der Waals surface area contributed by atoms with Crippen LogP contribution in [0.1, 0.15) is 27.7 Å². The van der Waals surface area contributed by atoms with Crippen LogP contribution in [-0.4, -0.2) is 28.9 Å². The molecule has 2 aromatic carbocycles. The van der Waals surface area contributed by atoms with Gasteiger partial charge in [0.05, 0.1) is 29.4 Å². The fourth-order valence-corrected chi connectivity index (χ4v) is 4.70. The number of amides is 1. The molecule has 1 saturated heterocycles. The molecule has 31 heavy (non-hydrogen) atoms. The standard InChI is InChI=1S/C23H19ClN2O4S/c1-12-13(2)31-23(25-12)26-19(14-7-5-4-6-8-14)18(21(28)22(26)29)20(27)15-9-10-17(30-3)16(24)11-15/h4-11,19,27H,1-3H3/b20-18+/t19-/m0/s1. The highest BCUT2D eigenvalue weighted by Gasteiger charge is 2.48. The van der Waals surface area contributed by atoms with Gasteiger partial charge in [0, 0.05) is 10.4 Å². The highest BCUT2D eigenvalue weighted by atomic mass is 35.5. The molecule has 1 aliphatic rings. The Balaban J connectivity index is 1.93. The molecule has 0 bridgehead atoms.